The smallest absolute Gasteiger partial charge is 0.128 e. The molecule has 0 aliphatic rings. The van der Waals surface area contributed by atoms with E-state index in [-0.39, 0.29) is 17.8 Å². The summed E-state index contributed by atoms with van der Waals surface area (Å²) >= 11 is 0. The minimum atomic E-state index is -0.110. The van der Waals surface area contributed by atoms with Gasteiger partial charge >= 0.3 is 0 Å². The molecular formula is C19H24FN. The zero-order valence-electron chi connectivity index (χ0n) is 13.3. The van der Waals surface area contributed by atoms with Gasteiger partial charge in [0.1, 0.15) is 5.82 Å². The molecule has 1 nitrogen and oxygen atoms in total. The Morgan fingerprint density at radius 3 is 2.33 bits per heavy atom. The Bertz CT molecular complexity index is 569. The fourth-order valence-electron chi connectivity index (χ4n) is 3.02. The number of nitrogens with one attached hydrogen (secondary N) is 1. The van der Waals surface area contributed by atoms with Gasteiger partial charge in [-0.05, 0) is 43.1 Å². The molecule has 2 rings (SSSR count). The first-order valence-corrected chi connectivity index (χ1v) is 7.59. The monoisotopic (exact) mass is 285 g/mol. The summed E-state index contributed by atoms with van der Waals surface area (Å²) < 4.78 is 14.5. The molecule has 0 saturated carbocycles. The Kier molecular flexibility index (Phi) is 5.13. The Morgan fingerprint density at radius 1 is 1.10 bits per heavy atom. The molecule has 0 amide bonds. The summed E-state index contributed by atoms with van der Waals surface area (Å²) in [6.07, 6.45) is 0. The standard InChI is InChI=1S/C19H24FN/c1-5-21-19(15(4)16-9-7-6-8-10-16)18-14(3)11-13(2)12-17(18)20/h6-12,15,19,21H,5H2,1-4H3. The van der Waals surface area contributed by atoms with Crippen LogP contribution in [0.2, 0.25) is 0 Å². The van der Waals surface area contributed by atoms with Crippen LogP contribution in [0.5, 0.6) is 0 Å². The molecule has 0 fully saturated rings. The van der Waals surface area contributed by atoms with E-state index in [2.05, 4.69) is 37.4 Å². The van der Waals surface area contributed by atoms with Crippen molar-refractivity contribution in [2.75, 3.05) is 6.54 Å². The van der Waals surface area contributed by atoms with Crippen molar-refractivity contribution in [3.8, 4) is 0 Å². The van der Waals surface area contributed by atoms with E-state index < -0.39 is 0 Å². The lowest BCUT2D eigenvalue weighted by molar-refractivity contribution is 0.453. The van der Waals surface area contributed by atoms with Gasteiger partial charge in [-0.2, -0.15) is 0 Å². The van der Waals surface area contributed by atoms with Crippen molar-refractivity contribution in [1.82, 2.24) is 5.32 Å². The van der Waals surface area contributed by atoms with Crippen molar-refractivity contribution in [2.45, 2.75) is 39.7 Å². The minimum absolute atomic E-state index is 0.0157. The number of hydrogen-bond donors (Lipinski definition) is 1. The maximum atomic E-state index is 14.5. The van der Waals surface area contributed by atoms with Crippen molar-refractivity contribution in [3.05, 3.63) is 70.5 Å². The molecule has 2 unspecified atom stereocenters. The highest BCUT2D eigenvalue weighted by Crippen LogP contribution is 2.34. The second-order valence-electron chi connectivity index (χ2n) is 5.71. The summed E-state index contributed by atoms with van der Waals surface area (Å²) in [4.78, 5) is 0. The average molecular weight is 285 g/mol. The van der Waals surface area contributed by atoms with Gasteiger partial charge in [0.25, 0.3) is 0 Å². The molecule has 0 spiro atoms. The minimum Gasteiger partial charge on any atom is -0.310 e. The van der Waals surface area contributed by atoms with E-state index in [1.807, 2.05) is 32.0 Å². The van der Waals surface area contributed by atoms with E-state index in [9.17, 15) is 4.39 Å². The van der Waals surface area contributed by atoms with Gasteiger partial charge in [0.2, 0.25) is 0 Å². The second-order valence-corrected chi connectivity index (χ2v) is 5.71. The van der Waals surface area contributed by atoms with Crippen LogP contribution in [-0.4, -0.2) is 6.54 Å². The first-order chi connectivity index (χ1) is 10.0. The molecule has 2 aromatic rings. The molecule has 1 N–H and O–H groups in total. The maximum Gasteiger partial charge on any atom is 0.128 e. The van der Waals surface area contributed by atoms with E-state index in [4.69, 9.17) is 0 Å². The van der Waals surface area contributed by atoms with Gasteiger partial charge in [0, 0.05) is 17.5 Å². The highest BCUT2D eigenvalue weighted by molar-refractivity contribution is 5.37. The van der Waals surface area contributed by atoms with Crippen LogP contribution in [0.1, 0.15) is 48.1 Å². The number of likely N-dealkylation sites (N-methyl/N-ethyl adjacent to an activating group) is 1. The zero-order valence-corrected chi connectivity index (χ0v) is 13.3. The molecule has 2 heteroatoms. The number of aryl methyl sites for hydroxylation is 2. The van der Waals surface area contributed by atoms with E-state index in [0.29, 0.717) is 0 Å². The fraction of sp³-hybridized carbons (Fsp3) is 0.368. The molecular weight excluding hydrogens is 261 g/mol. The third kappa shape index (κ3) is 3.51. The van der Waals surface area contributed by atoms with Crippen molar-refractivity contribution < 1.29 is 4.39 Å². The lowest BCUT2D eigenvalue weighted by atomic mass is 9.85. The van der Waals surface area contributed by atoms with Gasteiger partial charge in [-0.25, -0.2) is 4.39 Å². The van der Waals surface area contributed by atoms with Gasteiger partial charge in [0.15, 0.2) is 0 Å². The fourth-order valence-corrected chi connectivity index (χ4v) is 3.02. The first-order valence-electron chi connectivity index (χ1n) is 7.59. The Hall–Kier alpha value is -1.67. The van der Waals surface area contributed by atoms with Crippen LogP contribution >= 0.6 is 0 Å². The van der Waals surface area contributed by atoms with E-state index in [1.54, 1.807) is 6.07 Å². The summed E-state index contributed by atoms with van der Waals surface area (Å²) in [5.74, 6) is 0.100. The number of halogens is 1. The Morgan fingerprint density at radius 2 is 1.76 bits per heavy atom. The highest BCUT2D eigenvalue weighted by atomic mass is 19.1. The van der Waals surface area contributed by atoms with E-state index >= 15 is 0 Å². The predicted octanol–water partition coefficient (Wildman–Crippen LogP) is 4.90. The SMILES string of the molecule is CCNC(c1c(C)cc(C)cc1F)C(C)c1ccccc1. The van der Waals surface area contributed by atoms with Crippen molar-refractivity contribution >= 4 is 0 Å². The van der Waals surface area contributed by atoms with E-state index in [1.165, 1.54) is 5.56 Å². The average Bonchev–Trinajstić information content (AvgIpc) is 2.45. The first kappa shape index (κ1) is 15.7. The van der Waals surface area contributed by atoms with Crippen LogP contribution in [0.15, 0.2) is 42.5 Å². The third-order valence-corrected chi connectivity index (χ3v) is 4.04. The summed E-state index contributed by atoms with van der Waals surface area (Å²) in [6.45, 7) is 8.96. The van der Waals surface area contributed by atoms with Gasteiger partial charge in [-0.1, -0.05) is 50.2 Å². The Labute approximate surface area is 127 Å². The molecule has 0 aromatic heterocycles. The molecule has 0 bridgehead atoms. The largest absolute Gasteiger partial charge is 0.310 e. The summed E-state index contributed by atoms with van der Waals surface area (Å²) in [5.41, 5.74) is 4.00. The third-order valence-electron chi connectivity index (χ3n) is 4.04. The summed E-state index contributed by atoms with van der Waals surface area (Å²) in [5, 5.41) is 3.46. The number of benzene rings is 2. The van der Waals surface area contributed by atoms with Crippen LogP contribution in [0.3, 0.4) is 0 Å². The van der Waals surface area contributed by atoms with Crippen LogP contribution in [0, 0.1) is 19.7 Å². The molecule has 112 valence electrons. The molecule has 2 atom stereocenters. The molecule has 0 aliphatic carbocycles. The lowest BCUT2D eigenvalue weighted by Gasteiger charge is -2.28. The molecule has 0 radical (unpaired) electrons. The van der Waals surface area contributed by atoms with Gasteiger partial charge in [-0.3, -0.25) is 0 Å². The zero-order chi connectivity index (χ0) is 15.4. The van der Waals surface area contributed by atoms with Crippen LogP contribution in [-0.2, 0) is 0 Å². The van der Waals surface area contributed by atoms with Crippen LogP contribution in [0.25, 0.3) is 0 Å². The summed E-state index contributed by atoms with van der Waals surface area (Å²) in [7, 11) is 0. The van der Waals surface area contributed by atoms with Gasteiger partial charge < -0.3 is 5.32 Å². The van der Waals surface area contributed by atoms with Gasteiger partial charge in [-0.15, -0.1) is 0 Å². The quantitative estimate of drug-likeness (QED) is 0.824. The summed E-state index contributed by atoms with van der Waals surface area (Å²) in [6, 6.07) is 14.0. The predicted molar refractivity (Wildman–Crippen MR) is 87.1 cm³/mol. The van der Waals surface area contributed by atoms with Crippen LogP contribution < -0.4 is 5.32 Å². The van der Waals surface area contributed by atoms with Crippen molar-refractivity contribution in [2.24, 2.45) is 0 Å². The normalized spacial score (nSPS) is 14.0. The topological polar surface area (TPSA) is 12.0 Å². The molecule has 0 heterocycles. The molecule has 0 aliphatic heterocycles. The highest BCUT2D eigenvalue weighted by Gasteiger charge is 2.24. The maximum absolute atomic E-state index is 14.5. The van der Waals surface area contributed by atoms with Gasteiger partial charge in [0.05, 0.1) is 0 Å². The van der Waals surface area contributed by atoms with Crippen LogP contribution in [0.4, 0.5) is 4.39 Å². The number of rotatable bonds is 5. The molecule has 21 heavy (non-hydrogen) atoms. The number of hydrogen-bond acceptors (Lipinski definition) is 1. The van der Waals surface area contributed by atoms with E-state index in [0.717, 1.165) is 23.2 Å². The molecule has 2 aromatic carbocycles. The Balaban J connectivity index is 2.44. The van der Waals surface area contributed by atoms with Crippen molar-refractivity contribution in [3.63, 3.8) is 0 Å². The second kappa shape index (κ2) is 6.86. The molecule has 0 saturated heterocycles. The van der Waals surface area contributed by atoms with Crippen molar-refractivity contribution in [1.29, 1.82) is 0 Å². The lowest BCUT2D eigenvalue weighted by Crippen LogP contribution is -2.27.